The second-order valence-corrected chi connectivity index (χ2v) is 5.02. The van der Waals surface area contributed by atoms with Crippen LogP contribution >= 0.6 is 11.3 Å². The fourth-order valence-corrected chi connectivity index (χ4v) is 2.53. The van der Waals surface area contributed by atoms with Crippen LogP contribution in [0, 0.1) is 0 Å². The third-order valence-electron chi connectivity index (χ3n) is 2.56. The summed E-state index contributed by atoms with van der Waals surface area (Å²) in [5.41, 5.74) is 0.762. The number of thiazole rings is 1. The molecule has 1 aromatic carbocycles. The Labute approximate surface area is 118 Å². The molecule has 2 amide bonds. The van der Waals surface area contributed by atoms with Gasteiger partial charge in [-0.1, -0.05) is 23.5 Å². The normalized spacial score (nSPS) is 12.1. The van der Waals surface area contributed by atoms with Gasteiger partial charge in [-0.3, -0.25) is 4.79 Å². The number of carbonyl (C=O) groups excluding carboxylic acids is 1. The highest BCUT2D eigenvalue weighted by Crippen LogP contribution is 2.25. The fourth-order valence-electron chi connectivity index (χ4n) is 1.67. The maximum Gasteiger partial charge on any atom is 0.405 e. The molecule has 0 aliphatic carbocycles. The number of hydrogen-bond donors (Lipinski definition) is 4. The Kier molecular flexibility index (Phi) is 4.49. The molecule has 7 nitrogen and oxygen atoms in total. The van der Waals surface area contributed by atoms with E-state index >= 15 is 0 Å². The minimum atomic E-state index is -1.32. The molecule has 0 saturated heterocycles. The van der Waals surface area contributed by atoms with Crippen LogP contribution in [-0.4, -0.2) is 39.8 Å². The molecule has 4 N–H and O–H groups in total. The van der Waals surface area contributed by atoms with Crippen molar-refractivity contribution in [1.82, 2.24) is 10.3 Å². The fraction of sp³-hybridized carbons (Fsp3) is 0.250. The lowest BCUT2D eigenvalue weighted by molar-refractivity contribution is -0.118. The van der Waals surface area contributed by atoms with Gasteiger partial charge in [0, 0.05) is 6.61 Å². The van der Waals surface area contributed by atoms with Crippen LogP contribution in [0.15, 0.2) is 24.3 Å². The molecule has 20 heavy (non-hydrogen) atoms. The van der Waals surface area contributed by atoms with Gasteiger partial charge in [0.05, 0.1) is 10.2 Å². The summed E-state index contributed by atoms with van der Waals surface area (Å²) in [6, 6.07) is 6.40. The predicted molar refractivity (Wildman–Crippen MR) is 74.9 cm³/mol. The average molecular weight is 295 g/mol. The first-order valence-electron chi connectivity index (χ1n) is 5.87. The van der Waals surface area contributed by atoms with E-state index in [1.165, 1.54) is 11.3 Å². The van der Waals surface area contributed by atoms with Crippen molar-refractivity contribution in [2.75, 3.05) is 11.9 Å². The molecule has 0 fully saturated rings. The third-order valence-corrected chi connectivity index (χ3v) is 3.51. The highest BCUT2D eigenvalue weighted by Gasteiger charge is 2.21. The van der Waals surface area contributed by atoms with Gasteiger partial charge in [-0.2, -0.15) is 0 Å². The number of carbonyl (C=O) groups is 2. The maximum atomic E-state index is 11.9. The van der Waals surface area contributed by atoms with Crippen molar-refractivity contribution < 1.29 is 19.8 Å². The molecular formula is C12H13N3O4S. The summed E-state index contributed by atoms with van der Waals surface area (Å²) in [6.45, 7) is -0.293. The van der Waals surface area contributed by atoms with E-state index in [2.05, 4.69) is 15.6 Å². The zero-order chi connectivity index (χ0) is 14.5. The average Bonchev–Trinajstić information content (AvgIpc) is 2.79. The lowest BCUT2D eigenvalue weighted by atomic mass is 10.2. The maximum absolute atomic E-state index is 11.9. The van der Waals surface area contributed by atoms with E-state index in [1.807, 2.05) is 24.3 Å². The molecular weight excluding hydrogens is 282 g/mol. The van der Waals surface area contributed by atoms with E-state index in [1.54, 1.807) is 0 Å². The monoisotopic (exact) mass is 295 g/mol. The number of aliphatic hydroxyl groups excluding tert-OH is 1. The molecule has 0 saturated carbocycles. The smallest absolute Gasteiger partial charge is 0.405 e. The molecule has 2 aromatic rings. The first-order chi connectivity index (χ1) is 9.60. The van der Waals surface area contributed by atoms with Gasteiger partial charge in [-0.15, -0.1) is 0 Å². The summed E-state index contributed by atoms with van der Waals surface area (Å²) >= 11 is 1.30. The van der Waals surface area contributed by atoms with Crippen molar-refractivity contribution in [3.8, 4) is 0 Å². The standard InChI is InChI=1S/C12H13N3O4S/c16-6-5-8(14-12(18)19)10(17)15-11-13-7-3-1-2-4-9(7)20-11/h1-4,8,14,16H,5-6H2,(H,18,19)(H,13,15,17)/t8-/m0/s1. The minimum Gasteiger partial charge on any atom is -0.465 e. The summed E-state index contributed by atoms with van der Waals surface area (Å²) in [7, 11) is 0. The van der Waals surface area contributed by atoms with Crippen LogP contribution in [0.5, 0.6) is 0 Å². The van der Waals surface area contributed by atoms with Crippen LogP contribution in [-0.2, 0) is 4.79 Å². The summed E-state index contributed by atoms with van der Waals surface area (Å²) in [5.74, 6) is -0.541. The molecule has 0 spiro atoms. The van der Waals surface area contributed by atoms with Crippen molar-refractivity contribution in [2.24, 2.45) is 0 Å². The van der Waals surface area contributed by atoms with E-state index in [0.717, 1.165) is 10.2 Å². The van der Waals surface area contributed by atoms with Crippen molar-refractivity contribution in [2.45, 2.75) is 12.5 Å². The Hall–Kier alpha value is -2.19. The highest BCUT2D eigenvalue weighted by molar-refractivity contribution is 7.22. The summed E-state index contributed by atoms with van der Waals surface area (Å²) in [4.78, 5) is 26.8. The number of benzene rings is 1. The largest absolute Gasteiger partial charge is 0.465 e. The number of amides is 2. The summed E-state index contributed by atoms with van der Waals surface area (Å²) in [6.07, 6.45) is -1.31. The van der Waals surface area contributed by atoms with E-state index in [0.29, 0.717) is 5.13 Å². The number of nitrogens with one attached hydrogen (secondary N) is 2. The Balaban J connectivity index is 2.10. The molecule has 0 aliphatic heterocycles. The van der Waals surface area contributed by atoms with Crippen LogP contribution in [0.3, 0.4) is 0 Å². The quantitative estimate of drug-likeness (QED) is 0.663. The highest BCUT2D eigenvalue weighted by atomic mass is 32.1. The SMILES string of the molecule is O=C(O)N[C@@H](CCO)C(=O)Nc1nc2ccccc2s1. The molecule has 106 valence electrons. The van der Waals surface area contributed by atoms with Crippen LogP contribution in [0.25, 0.3) is 10.2 Å². The number of aliphatic hydroxyl groups is 1. The Morgan fingerprint density at radius 2 is 2.10 bits per heavy atom. The van der Waals surface area contributed by atoms with Gasteiger partial charge in [0.25, 0.3) is 0 Å². The second kappa shape index (κ2) is 6.31. The molecule has 2 rings (SSSR count). The zero-order valence-corrected chi connectivity index (χ0v) is 11.2. The van der Waals surface area contributed by atoms with E-state index < -0.39 is 18.0 Å². The first kappa shape index (κ1) is 14.2. The van der Waals surface area contributed by atoms with Crippen LogP contribution in [0.1, 0.15) is 6.42 Å². The molecule has 1 aromatic heterocycles. The Morgan fingerprint density at radius 3 is 2.75 bits per heavy atom. The molecule has 0 aliphatic rings. The zero-order valence-electron chi connectivity index (χ0n) is 10.4. The van der Waals surface area contributed by atoms with Crippen molar-refractivity contribution in [1.29, 1.82) is 0 Å². The van der Waals surface area contributed by atoms with E-state index in [9.17, 15) is 9.59 Å². The molecule has 0 radical (unpaired) electrons. The number of aromatic nitrogens is 1. The minimum absolute atomic E-state index is 0.00300. The summed E-state index contributed by atoms with van der Waals surface area (Å²) in [5, 5.41) is 22.5. The van der Waals surface area contributed by atoms with E-state index in [-0.39, 0.29) is 13.0 Å². The van der Waals surface area contributed by atoms with Gasteiger partial charge >= 0.3 is 6.09 Å². The molecule has 0 unspecified atom stereocenters. The lowest BCUT2D eigenvalue weighted by Crippen LogP contribution is -2.43. The predicted octanol–water partition coefficient (Wildman–Crippen LogP) is 1.25. The van der Waals surface area contributed by atoms with Crippen LogP contribution in [0.4, 0.5) is 9.93 Å². The van der Waals surface area contributed by atoms with Gasteiger partial charge in [-0.25, -0.2) is 9.78 Å². The van der Waals surface area contributed by atoms with Crippen molar-refractivity contribution in [3.63, 3.8) is 0 Å². The van der Waals surface area contributed by atoms with Gasteiger partial charge in [0.15, 0.2) is 5.13 Å². The number of hydrogen-bond acceptors (Lipinski definition) is 5. The molecule has 8 heteroatoms. The van der Waals surface area contributed by atoms with Gasteiger partial charge in [0.1, 0.15) is 6.04 Å². The third kappa shape index (κ3) is 3.43. The van der Waals surface area contributed by atoms with Gasteiger partial charge < -0.3 is 20.8 Å². The number of rotatable bonds is 5. The van der Waals surface area contributed by atoms with Crippen molar-refractivity contribution in [3.05, 3.63) is 24.3 Å². The number of fused-ring (bicyclic) bond motifs is 1. The number of para-hydroxylation sites is 1. The first-order valence-corrected chi connectivity index (χ1v) is 6.68. The van der Waals surface area contributed by atoms with E-state index in [4.69, 9.17) is 10.2 Å². The molecule has 0 bridgehead atoms. The van der Waals surface area contributed by atoms with Crippen LogP contribution in [0.2, 0.25) is 0 Å². The van der Waals surface area contributed by atoms with Gasteiger partial charge in [0.2, 0.25) is 5.91 Å². The van der Waals surface area contributed by atoms with Crippen LogP contribution < -0.4 is 10.6 Å². The number of carboxylic acid groups (broad SMARTS) is 1. The number of nitrogens with zero attached hydrogens (tertiary/aromatic N) is 1. The Morgan fingerprint density at radius 1 is 1.35 bits per heavy atom. The summed E-state index contributed by atoms with van der Waals surface area (Å²) < 4.78 is 0.924. The molecule has 1 atom stereocenters. The van der Waals surface area contributed by atoms with Crippen molar-refractivity contribution >= 4 is 38.7 Å². The lowest BCUT2D eigenvalue weighted by Gasteiger charge is -2.14. The second-order valence-electron chi connectivity index (χ2n) is 3.99. The topological polar surface area (TPSA) is 112 Å². The van der Waals surface area contributed by atoms with Gasteiger partial charge in [-0.05, 0) is 18.6 Å². The Bertz CT molecular complexity index is 595. The molecule has 1 heterocycles. The number of anilines is 1.